The smallest absolute Gasteiger partial charge is 0.133 e. The number of rotatable bonds is 3. The summed E-state index contributed by atoms with van der Waals surface area (Å²) in [5.74, 6) is 0.567. The third-order valence-corrected chi connectivity index (χ3v) is 4.13. The first-order valence-electron chi connectivity index (χ1n) is 7.74. The van der Waals surface area contributed by atoms with Gasteiger partial charge < -0.3 is 9.09 Å². The van der Waals surface area contributed by atoms with Gasteiger partial charge >= 0.3 is 0 Å². The fraction of sp³-hybridized carbons (Fsp3) is 0.158. The van der Waals surface area contributed by atoms with Crippen LogP contribution in [-0.2, 0) is 6.54 Å². The molecule has 24 heavy (non-hydrogen) atoms. The molecule has 3 aromatic heterocycles. The molecule has 1 aromatic carbocycles. The average molecular weight is 321 g/mol. The Bertz CT molecular complexity index is 1030. The molecule has 0 aliphatic heterocycles. The van der Waals surface area contributed by atoms with Gasteiger partial charge in [-0.15, -0.1) is 0 Å². The van der Waals surface area contributed by atoms with E-state index in [1.807, 2.05) is 38.4 Å². The molecule has 0 N–H and O–H groups in total. The van der Waals surface area contributed by atoms with E-state index in [1.165, 1.54) is 12.1 Å². The first-order valence-corrected chi connectivity index (χ1v) is 7.74. The fourth-order valence-corrected chi connectivity index (χ4v) is 2.97. The van der Waals surface area contributed by atoms with Crippen molar-refractivity contribution in [3.8, 4) is 11.1 Å². The number of aryl methyl sites for hydroxylation is 2. The van der Waals surface area contributed by atoms with Gasteiger partial charge in [-0.3, -0.25) is 4.98 Å². The van der Waals surface area contributed by atoms with Crippen molar-refractivity contribution in [1.82, 2.24) is 14.7 Å². The molecule has 0 saturated carbocycles. The fourth-order valence-electron chi connectivity index (χ4n) is 2.97. The molecule has 0 spiro atoms. The minimum atomic E-state index is -0.227. The number of benzene rings is 1. The van der Waals surface area contributed by atoms with E-state index in [9.17, 15) is 4.39 Å². The number of hydrogen-bond donors (Lipinski definition) is 0. The highest BCUT2D eigenvalue weighted by molar-refractivity contribution is 5.82. The second-order valence-corrected chi connectivity index (χ2v) is 5.96. The Kier molecular flexibility index (Phi) is 3.41. The molecular weight excluding hydrogens is 305 g/mol. The highest BCUT2D eigenvalue weighted by atomic mass is 19.1. The third kappa shape index (κ3) is 2.58. The van der Waals surface area contributed by atoms with Gasteiger partial charge in [0, 0.05) is 24.0 Å². The van der Waals surface area contributed by atoms with Crippen LogP contribution >= 0.6 is 0 Å². The van der Waals surface area contributed by atoms with Crippen molar-refractivity contribution in [2.24, 2.45) is 0 Å². The molecule has 5 heteroatoms. The minimum Gasteiger partial charge on any atom is -0.361 e. The first-order chi connectivity index (χ1) is 11.6. The van der Waals surface area contributed by atoms with Crippen LogP contribution in [0.1, 0.15) is 17.0 Å². The molecule has 0 amide bonds. The number of pyridine rings is 1. The van der Waals surface area contributed by atoms with Crippen molar-refractivity contribution >= 4 is 11.0 Å². The molecule has 0 unspecified atom stereocenters. The van der Waals surface area contributed by atoms with Gasteiger partial charge in [0.25, 0.3) is 0 Å². The van der Waals surface area contributed by atoms with E-state index in [1.54, 1.807) is 6.07 Å². The molecule has 0 aliphatic carbocycles. The summed E-state index contributed by atoms with van der Waals surface area (Å²) in [5, 5.41) is 4.04. The zero-order valence-corrected chi connectivity index (χ0v) is 13.5. The molecule has 0 radical (unpaired) electrons. The summed E-state index contributed by atoms with van der Waals surface area (Å²) in [5.41, 5.74) is 5.64. The Labute approximate surface area is 138 Å². The van der Waals surface area contributed by atoms with Crippen molar-refractivity contribution in [3.05, 3.63) is 71.6 Å². The number of aromatic nitrogens is 3. The Morgan fingerprint density at radius 1 is 1.12 bits per heavy atom. The third-order valence-electron chi connectivity index (χ3n) is 4.13. The average Bonchev–Trinajstić information content (AvgIpc) is 3.14. The molecule has 0 saturated heterocycles. The Morgan fingerprint density at radius 2 is 2.00 bits per heavy atom. The largest absolute Gasteiger partial charge is 0.361 e. The summed E-state index contributed by atoms with van der Waals surface area (Å²) in [6, 6.07) is 10.8. The van der Waals surface area contributed by atoms with Crippen molar-refractivity contribution in [1.29, 1.82) is 0 Å². The lowest BCUT2D eigenvalue weighted by molar-refractivity contribution is 0.389. The zero-order chi connectivity index (χ0) is 16.7. The quantitative estimate of drug-likeness (QED) is 0.558. The van der Waals surface area contributed by atoms with E-state index >= 15 is 0 Å². The van der Waals surface area contributed by atoms with E-state index in [4.69, 9.17) is 4.52 Å². The van der Waals surface area contributed by atoms with Gasteiger partial charge in [-0.25, -0.2) is 4.39 Å². The minimum absolute atomic E-state index is 0.227. The summed E-state index contributed by atoms with van der Waals surface area (Å²) in [4.78, 5) is 4.53. The van der Waals surface area contributed by atoms with E-state index < -0.39 is 0 Å². The molecule has 120 valence electrons. The molecule has 0 bridgehead atoms. The van der Waals surface area contributed by atoms with Crippen LogP contribution in [0.3, 0.4) is 0 Å². The lowest BCUT2D eigenvalue weighted by Crippen LogP contribution is -1.98. The van der Waals surface area contributed by atoms with Crippen LogP contribution in [0.5, 0.6) is 0 Å². The summed E-state index contributed by atoms with van der Waals surface area (Å²) < 4.78 is 20.6. The SMILES string of the molecule is Cc1cc(Cn2ccc3ncc(-c4ccc(F)cc4C)cc32)no1. The summed E-state index contributed by atoms with van der Waals surface area (Å²) >= 11 is 0. The summed E-state index contributed by atoms with van der Waals surface area (Å²) in [6.45, 7) is 4.40. The summed E-state index contributed by atoms with van der Waals surface area (Å²) in [6.07, 6.45) is 3.82. The van der Waals surface area contributed by atoms with E-state index in [-0.39, 0.29) is 5.82 Å². The van der Waals surface area contributed by atoms with Crippen LogP contribution in [0.15, 0.2) is 53.3 Å². The topological polar surface area (TPSA) is 43.9 Å². The zero-order valence-electron chi connectivity index (χ0n) is 13.5. The van der Waals surface area contributed by atoms with Crippen molar-refractivity contribution in [2.75, 3.05) is 0 Å². The van der Waals surface area contributed by atoms with Crippen LogP contribution in [0.4, 0.5) is 4.39 Å². The van der Waals surface area contributed by atoms with Crippen LogP contribution in [0.25, 0.3) is 22.2 Å². The molecule has 0 atom stereocenters. The van der Waals surface area contributed by atoms with E-state index in [0.29, 0.717) is 6.54 Å². The molecule has 0 aliphatic rings. The molecule has 4 aromatic rings. The van der Waals surface area contributed by atoms with Crippen molar-refractivity contribution in [3.63, 3.8) is 0 Å². The molecule has 3 heterocycles. The lowest BCUT2D eigenvalue weighted by Gasteiger charge is -2.08. The van der Waals surface area contributed by atoms with Gasteiger partial charge in [0.1, 0.15) is 17.3 Å². The number of fused-ring (bicyclic) bond motifs is 1. The lowest BCUT2D eigenvalue weighted by atomic mass is 10.0. The number of nitrogens with zero attached hydrogens (tertiary/aromatic N) is 3. The van der Waals surface area contributed by atoms with Crippen LogP contribution in [0.2, 0.25) is 0 Å². The van der Waals surface area contributed by atoms with Crippen molar-refractivity contribution in [2.45, 2.75) is 20.4 Å². The van der Waals surface area contributed by atoms with Crippen LogP contribution in [-0.4, -0.2) is 14.7 Å². The maximum Gasteiger partial charge on any atom is 0.133 e. The first kappa shape index (κ1) is 14.6. The predicted molar refractivity (Wildman–Crippen MR) is 90.2 cm³/mol. The maximum atomic E-state index is 13.3. The Hall–Kier alpha value is -2.95. The monoisotopic (exact) mass is 321 g/mol. The molecular formula is C19H16FN3O. The second-order valence-electron chi connectivity index (χ2n) is 5.96. The highest BCUT2D eigenvalue weighted by Gasteiger charge is 2.09. The molecule has 4 nitrogen and oxygen atoms in total. The predicted octanol–water partition coefficient (Wildman–Crippen LogP) is 4.50. The van der Waals surface area contributed by atoms with Gasteiger partial charge in [0.15, 0.2) is 0 Å². The van der Waals surface area contributed by atoms with Gasteiger partial charge in [-0.05, 0) is 49.2 Å². The van der Waals surface area contributed by atoms with E-state index in [0.717, 1.165) is 39.2 Å². The highest BCUT2D eigenvalue weighted by Crippen LogP contribution is 2.27. The summed E-state index contributed by atoms with van der Waals surface area (Å²) in [7, 11) is 0. The van der Waals surface area contributed by atoms with Crippen LogP contribution < -0.4 is 0 Å². The van der Waals surface area contributed by atoms with E-state index in [2.05, 4.69) is 20.8 Å². The molecule has 4 rings (SSSR count). The Morgan fingerprint density at radius 3 is 2.75 bits per heavy atom. The van der Waals surface area contributed by atoms with Gasteiger partial charge in [-0.1, -0.05) is 11.2 Å². The van der Waals surface area contributed by atoms with Crippen molar-refractivity contribution < 1.29 is 8.91 Å². The number of halogens is 1. The standard InChI is InChI=1S/C19H16FN3O/c1-12-7-15(20)3-4-17(12)14-9-19-18(21-10-14)5-6-23(19)11-16-8-13(2)24-22-16/h3-10H,11H2,1-2H3. The maximum absolute atomic E-state index is 13.3. The van der Waals surface area contributed by atoms with Gasteiger partial charge in [0.05, 0.1) is 17.6 Å². The second kappa shape index (κ2) is 5.60. The van der Waals surface area contributed by atoms with Gasteiger partial charge in [-0.2, -0.15) is 0 Å². The van der Waals surface area contributed by atoms with Crippen LogP contribution in [0, 0.1) is 19.7 Å². The Balaban J connectivity index is 1.78. The molecule has 0 fully saturated rings. The normalized spacial score (nSPS) is 11.3. The van der Waals surface area contributed by atoms with Gasteiger partial charge in [0.2, 0.25) is 0 Å². The number of hydrogen-bond acceptors (Lipinski definition) is 3.